The molecule has 1 heterocycles. The smallest absolute Gasteiger partial charge is 0.191 e. The van der Waals surface area contributed by atoms with Gasteiger partial charge < -0.3 is 10.6 Å². The molecule has 0 bridgehead atoms. The third kappa shape index (κ3) is 5.95. The molecule has 0 aliphatic carbocycles. The molecule has 0 radical (unpaired) electrons. The molecule has 0 atom stereocenters. The monoisotopic (exact) mass is 410 g/mol. The van der Waals surface area contributed by atoms with Gasteiger partial charge in [-0.1, -0.05) is 20.8 Å². The molecule has 116 valence electrons. The molecule has 0 fully saturated rings. The predicted octanol–water partition coefficient (Wildman–Crippen LogP) is 3.26. The number of aromatic nitrogens is 1. The van der Waals surface area contributed by atoms with Crippen LogP contribution in [0.15, 0.2) is 10.4 Å². The maximum atomic E-state index is 5.94. The van der Waals surface area contributed by atoms with E-state index in [-0.39, 0.29) is 29.4 Å². The fourth-order valence-corrected chi connectivity index (χ4v) is 2.70. The first-order valence-corrected chi connectivity index (χ1v) is 7.76. The number of aliphatic imine (C=N–C) groups is 1. The number of nitrogens with zero attached hydrogens (tertiary/aromatic N) is 3. The highest BCUT2D eigenvalue weighted by atomic mass is 127. The molecule has 0 aromatic carbocycles. The van der Waals surface area contributed by atoms with E-state index in [2.05, 4.69) is 54.9 Å². The molecule has 6 heteroatoms. The number of rotatable bonds is 5. The summed E-state index contributed by atoms with van der Waals surface area (Å²) in [4.78, 5) is 11.1. The molecule has 0 aliphatic rings. The Morgan fingerprint density at radius 2 is 1.95 bits per heavy atom. The van der Waals surface area contributed by atoms with Gasteiger partial charge >= 0.3 is 0 Å². The second kappa shape index (κ2) is 8.81. The zero-order valence-corrected chi connectivity index (χ0v) is 16.3. The Morgan fingerprint density at radius 3 is 2.40 bits per heavy atom. The van der Waals surface area contributed by atoms with E-state index >= 15 is 0 Å². The van der Waals surface area contributed by atoms with E-state index in [1.165, 1.54) is 0 Å². The van der Waals surface area contributed by atoms with Gasteiger partial charge in [0.15, 0.2) is 5.96 Å². The average molecular weight is 410 g/mol. The van der Waals surface area contributed by atoms with Crippen LogP contribution in [0.5, 0.6) is 0 Å². The molecule has 0 aliphatic heterocycles. The molecule has 20 heavy (non-hydrogen) atoms. The second-order valence-electron chi connectivity index (χ2n) is 5.54. The number of hydrogen-bond acceptors (Lipinski definition) is 3. The Hall–Kier alpha value is -0.370. The number of hydrogen-bond donors (Lipinski definition) is 1. The van der Waals surface area contributed by atoms with E-state index in [0.29, 0.717) is 12.5 Å². The highest BCUT2D eigenvalue weighted by Crippen LogP contribution is 2.23. The van der Waals surface area contributed by atoms with E-state index in [1.54, 1.807) is 11.3 Å². The third-order valence-electron chi connectivity index (χ3n) is 3.01. The first-order valence-electron chi connectivity index (χ1n) is 6.88. The summed E-state index contributed by atoms with van der Waals surface area (Å²) in [5, 5.41) is 3.29. The van der Waals surface area contributed by atoms with Crippen molar-refractivity contribution in [3.8, 4) is 0 Å². The lowest BCUT2D eigenvalue weighted by molar-refractivity contribution is 0.458. The summed E-state index contributed by atoms with van der Waals surface area (Å²) in [5.74, 6) is 0.637. The van der Waals surface area contributed by atoms with Gasteiger partial charge in [-0.3, -0.25) is 4.99 Å². The minimum atomic E-state index is 0. The Kier molecular flexibility index (Phi) is 8.65. The molecule has 0 saturated heterocycles. The molecule has 4 nitrogen and oxygen atoms in total. The van der Waals surface area contributed by atoms with E-state index < -0.39 is 0 Å². The SMILES string of the molecule is CCN(CC)C(N)=NCCc1nc(C(C)(C)C)cs1.I. The zero-order chi connectivity index (χ0) is 14.5. The van der Waals surface area contributed by atoms with Crippen LogP contribution in [-0.2, 0) is 11.8 Å². The van der Waals surface area contributed by atoms with E-state index in [9.17, 15) is 0 Å². The summed E-state index contributed by atoms with van der Waals surface area (Å²) >= 11 is 1.71. The van der Waals surface area contributed by atoms with Crippen molar-refractivity contribution in [2.24, 2.45) is 10.7 Å². The Morgan fingerprint density at radius 1 is 1.35 bits per heavy atom. The van der Waals surface area contributed by atoms with Crippen molar-refractivity contribution >= 4 is 41.3 Å². The van der Waals surface area contributed by atoms with Gasteiger partial charge in [-0.05, 0) is 13.8 Å². The van der Waals surface area contributed by atoms with E-state index in [1.807, 2.05) is 0 Å². The van der Waals surface area contributed by atoms with Crippen molar-refractivity contribution in [1.82, 2.24) is 9.88 Å². The molecular weight excluding hydrogens is 383 g/mol. The molecule has 1 rings (SSSR count). The lowest BCUT2D eigenvalue weighted by Crippen LogP contribution is -2.37. The number of halogens is 1. The third-order valence-corrected chi connectivity index (χ3v) is 3.92. The van der Waals surface area contributed by atoms with Crippen molar-refractivity contribution in [2.45, 2.75) is 46.5 Å². The summed E-state index contributed by atoms with van der Waals surface area (Å²) in [7, 11) is 0. The topological polar surface area (TPSA) is 54.5 Å². The first-order chi connectivity index (χ1) is 8.88. The highest BCUT2D eigenvalue weighted by molar-refractivity contribution is 14.0. The van der Waals surface area contributed by atoms with Crippen LogP contribution >= 0.6 is 35.3 Å². The Bertz CT molecular complexity index is 419. The molecule has 0 amide bonds. The summed E-state index contributed by atoms with van der Waals surface area (Å²) in [6, 6.07) is 0. The predicted molar refractivity (Wildman–Crippen MR) is 99.3 cm³/mol. The van der Waals surface area contributed by atoms with Crippen molar-refractivity contribution in [1.29, 1.82) is 0 Å². The average Bonchev–Trinajstić information content (AvgIpc) is 2.79. The van der Waals surface area contributed by atoms with E-state index in [4.69, 9.17) is 5.73 Å². The van der Waals surface area contributed by atoms with Crippen LogP contribution < -0.4 is 5.73 Å². The number of guanidine groups is 1. The fraction of sp³-hybridized carbons (Fsp3) is 0.714. The number of nitrogens with two attached hydrogens (primary N) is 1. The lowest BCUT2D eigenvalue weighted by atomic mass is 9.93. The van der Waals surface area contributed by atoms with Gasteiger partial charge in [0.05, 0.1) is 10.7 Å². The largest absolute Gasteiger partial charge is 0.370 e. The molecule has 2 N–H and O–H groups in total. The van der Waals surface area contributed by atoms with Crippen LogP contribution in [0.2, 0.25) is 0 Å². The van der Waals surface area contributed by atoms with Crippen LogP contribution in [0.3, 0.4) is 0 Å². The van der Waals surface area contributed by atoms with Crippen LogP contribution in [0.1, 0.15) is 45.3 Å². The first kappa shape index (κ1) is 19.6. The van der Waals surface area contributed by atoms with Gasteiger partial charge in [0.2, 0.25) is 0 Å². The zero-order valence-electron chi connectivity index (χ0n) is 13.1. The Labute approximate surface area is 143 Å². The molecular formula is C14H27IN4S. The summed E-state index contributed by atoms with van der Waals surface area (Å²) < 4.78 is 0. The molecule has 0 spiro atoms. The highest BCUT2D eigenvalue weighted by Gasteiger charge is 2.17. The summed E-state index contributed by atoms with van der Waals surface area (Å²) in [5.41, 5.74) is 7.22. The van der Waals surface area contributed by atoms with Crippen molar-refractivity contribution in [3.05, 3.63) is 16.1 Å². The van der Waals surface area contributed by atoms with Gasteiger partial charge in [-0.15, -0.1) is 35.3 Å². The molecule has 0 saturated carbocycles. The van der Waals surface area contributed by atoms with Gasteiger partial charge in [0, 0.05) is 36.9 Å². The quantitative estimate of drug-likeness (QED) is 0.461. The van der Waals surface area contributed by atoms with Crippen LogP contribution in [0.4, 0.5) is 0 Å². The molecule has 1 aromatic rings. The number of thiazole rings is 1. The van der Waals surface area contributed by atoms with Gasteiger partial charge in [-0.25, -0.2) is 4.98 Å². The van der Waals surface area contributed by atoms with E-state index in [0.717, 1.165) is 30.2 Å². The maximum absolute atomic E-state index is 5.94. The van der Waals surface area contributed by atoms with Gasteiger partial charge in [0.25, 0.3) is 0 Å². The molecule has 0 unspecified atom stereocenters. The second-order valence-corrected chi connectivity index (χ2v) is 6.48. The lowest BCUT2D eigenvalue weighted by Gasteiger charge is -2.19. The minimum absolute atomic E-state index is 0. The van der Waals surface area contributed by atoms with Crippen LogP contribution in [-0.4, -0.2) is 35.5 Å². The maximum Gasteiger partial charge on any atom is 0.191 e. The van der Waals surface area contributed by atoms with Crippen molar-refractivity contribution < 1.29 is 0 Å². The van der Waals surface area contributed by atoms with Crippen molar-refractivity contribution in [2.75, 3.05) is 19.6 Å². The minimum Gasteiger partial charge on any atom is -0.370 e. The summed E-state index contributed by atoms with van der Waals surface area (Å²) in [6.07, 6.45) is 0.864. The van der Waals surface area contributed by atoms with Gasteiger partial charge in [0.1, 0.15) is 0 Å². The van der Waals surface area contributed by atoms with Crippen LogP contribution in [0.25, 0.3) is 0 Å². The summed E-state index contributed by atoms with van der Waals surface area (Å²) in [6.45, 7) is 13.2. The Balaban J connectivity index is 0.00000361. The van der Waals surface area contributed by atoms with Gasteiger partial charge in [-0.2, -0.15) is 0 Å². The standard InChI is InChI=1S/C14H26N4S.HI/c1-6-18(7-2)13(15)16-9-8-12-17-11(10-19-12)14(3,4)5;/h10H,6-9H2,1-5H3,(H2,15,16);1H. The fourth-order valence-electron chi connectivity index (χ4n) is 1.68. The molecule has 1 aromatic heterocycles. The normalized spacial score (nSPS) is 12.2. The van der Waals surface area contributed by atoms with Crippen LogP contribution in [0, 0.1) is 0 Å². The van der Waals surface area contributed by atoms with Crippen molar-refractivity contribution in [3.63, 3.8) is 0 Å².